The molecule has 0 radical (unpaired) electrons. The van der Waals surface area contributed by atoms with Crippen molar-refractivity contribution < 1.29 is 48.2 Å². The molecule has 5 aliphatic rings. The highest BCUT2D eigenvalue weighted by Gasteiger charge is 2.62. The van der Waals surface area contributed by atoms with Crippen molar-refractivity contribution in [3.8, 4) is 0 Å². The van der Waals surface area contributed by atoms with Crippen molar-refractivity contribution in [1.29, 1.82) is 0 Å². The number of allylic oxidation sites excluding steroid dienone is 4. The quantitative estimate of drug-likeness (QED) is 0.245. The van der Waals surface area contributed by atoms with Crippen LogP contribution in [0.15, 0.2) is 47.1 Å². The average molecular weight is 701 g/mol. The minimum Gasteiger partial charge on any atom is -0.462 e. The number of esters is 2. The lowest BCUT2D eigenvalue weighted by atomic mass is 9.70. The van der Waals surface area contributed by atoms with Gasteiger partial charge in [-0.3, -0.25) is 9.59 Å². The largest absolute Gasteiger partial charge is 0.462 e. The zero-order valence-corrected chi connectivity index (χ0v) is 31.3. The Hall–Kier alpha value is -2.34. The van der Waals surface area contributed by atoms with Gasteiger partial charge in [0.15, 0.2) is 0 Å². The molecule has 2 bridgehead atoms. The molecule has 4 aliphatic heterocycles. The second-order valence-electron chi connectivity index (χ2n) is 15.5. The summed E-state index contributed by atoms with van der Waals surface area (Å²) in [7, 11) is 1.57. The third-order valence-corrected chi connectivity index (χ3v) is 11.6. The van der Waals surface area contributed by atoms with Crippen LogP contribution in [0.3, 0.4) is 0 Å². The van der Waals surface area contributed by atoms with Crippen molar-refractivity contribution in [2.45, 2.75) is 154 Å². The molecule has 13 atom stereocenters. The molecule has 10 nitrogen and oxygen atoms in total. The molecule has 0 aromatic heterocycles. The summed E-state index contributed by atoms with van der Waals surface area (Å²) < 4.78 is 37.7. The van der Waals surface area contributed by atoms with Gasteiger partial charge in [0.1, 0.15) is 42.0 Å². The van der Waals surface area contributed by atoms with E-state index in [1.807, 2.05) is 39.8 Å². The van der Waals surface area contributed by atoms with E-state index in [0.717, 1.165) is 24.8 Å². The molecule has 0 aromatic carbocycles. The number of unbranched alkanes of at least 4 members (excludes halogenated alkanes) is 1. The molecule has 50 heavy (non-hydrogen) atoms. The van der Waals surface area contributed by atoms with Gasteiger partial charge in [0.2, 0.25) is 5.79 Å². The first-order chi connectivity index (χ1) is 23.8. The molecular weight excluding hydrogens is 640 g/mol. The number of carbonyl (C=O) groups is 2. The second kappa shape index (κ2) is 16.1. The van der Waals surface area contributed by atoms with Crippen LogP contribution in [0.4, 0.5) is 0 Å². The molecule has 5 rings (SSSR count). The summed E-state index contributed by atoms with van der Waals surface area (Å²) >= 11 is 0. The highest BCUT2D eigenvalue weighted by atomic mass is 16.7. The maximum atomic E-state index is 14.3. The molecule has 1 aliphatic carbocycles. The van der Waals surface area contributed by atoms with Crippen LogP contribution in [-0.4, -0.2) is 90.0 Å². The van der Waals surface area contributed by atoms with Gasteiger partial charge in [-0.15, -0.1) is 0 Å². The van der Waals surface area contributed by atoms with Crippen molar-refractivity contribution in [2.24, 2.45) is 23.7 Å². The van der Waals surface area contributed by atoms with Gasteiger partial charge in [-0.1, -0.05) is 83.4 Å². The Balaban J connectivity index is 1.52. The third-order valence-electron chi connectivity index (χ3n) is 11.6. The molecule has 280 valence electrons. The minimum absolute atomic E-state index is 0.0404. The summed E-state index contributed by atoms with van der Waals surface area (Å²) in [5.41, 5.74) is 0.852. The number of rotatable bonds is 7. The highest BCUT2D eigenvalue weighted by Crippen LogP contribution is 2.48. The summed E-state index contributed by atoms with van der Waals surface area (Å²) in [5.74, 6) is -3.97. The normalized spacial score (nSPS) is 44.1. The molecule has 0 amide bonds. The van der Waals surface area contributed by atoms with E-state index < -0.39 is 59.9 Å². The fraction of sp³-hybridized carbons (Fsp3) is 0.750. The van der Waals surface area contributed by atoms with E-state index in [-0.39, 0.29) is 42.9 Å². The predicted molar refractivity (Wildman–Crippen MR) is 188 cm³/mol. The van der Waals surface area contributed by atoms with Gasteiger partial charge >= 0.3 is 11.9 Å². The van der Waals surface area contributed by atoms with E-state index in [1.54, 1.807) is 13.2 Å². The molecule has 3 fully saturated rings. The first kappa shape index (κ1) is 38.9. The number of aliphatic hydroxyl groups excluding tert-OH is 1. The maximum absolute atomic E-state index is 14.3. The molecule has 2 N–H and O–H groups in total. The van der Waals surface area contributed by atoms with Crippen LogP contribution in [0, 0.1) is 23.7 Å². The number of fused-ring (bicyclic) bond motifs is 2. The van der Waals surface area contributed by atoms with Gasteiger partial charge in [0.25, 0.3) is 0 Å². The van der Waals surface area contributed by atoms with E-state index in [4.69, 9.17) is 28.4 Å². The van der Waals surface area contributed by atoms with Gasteiger partial charge in [-0.05, 0) is 56.6 Å². The monoisotopic (exact) mass is 700 g/mol. The van der Waals surface area contributed by atoms with E-state index in [9.17, 15) is 19.8 Å². The van der Waals surface area contributed by atoms with Crippen LogP contribution in [-0.2, 0) is 38.0 Å². The Kier molecular flexibility index (Phi) is 12.5. The lowest BCUT2D eigenvalue weighted by molar-refractivity contribution is -0.385. The zero-order valence-electron chi connectivity index (χ0n) is 31.3. The van der Waals surface area contributed by atoms with Crippen molar-refractivity contribution in [3.63, 3.8) is 0 Å². The second-order valence-corrected chi connectivity index (χ2v) is 15.5. The number of hydrogen-bond donors (Lipinski definition) is 2. The predicted octanol–water partition coefficient (Wildman–Crippen LogP) is 5.90. The average Bonchev–Trinajstić information content (AvgIpc) is 3.41. The number of ether oxygens (including phenoxy) is 6. The molecule has 4 heterocycles. The molecule has 3 saturated heterocycles. The van der Waals surface area contributed by atoms with E-state index in [0.29, 0.717) is 31.3 Å². The summed E-state index contributed by atoms with van der Waals surface area (Å²) in [5, 5.41) is 24.5. The summed E-state index contributed by atoms with van der Waals surface area (Å²) in [4.78, 5) is 27.6. The molecular formula is C40H60O10. The van der Waals surface area contributed by atoms with Gasteiger partial charge in [-0.25, -0.2) is 0 Å². The van der Waals surface area contributed by atoms with Crippen LogP contribution >= 0.6 is 0 Å². The highest BCUT2D eigenvalue weighted by molar-refractivity contribution is 5.78. The Bertz CT molecular complexity index is 1350. The standard InChI is InChI=1S/C40H60O10/c1-9-11-14-25(5)37(42)48-34-27(7)32(10-2)50-39(35(34)41)21-30-20-29(49-39)17-16-24(4)18-23(3)13-12-15-28-22-46-36-33(45-8)26(6)19-31(38(43)47-30)40(28,36)44/h12-13,15-16,19,23,25,27,29-36,41,44H,9-11,14,17-18,20-22H2,1-8H3/b13-12+,24-16+,28-15+/t23-,25+,27+,29+,30-,31-,32+,33+,34+,35-,36+,39-,40+/m0/s1. The summed E-state index contributed by atoms with van der Waals surface area (Å²) in [6.45, 7) is 14.1. The van der Waals surface area contributed by atoms with Crippen LogP contribution in [0.2, 0.25) is 0 Å². The van der Waals surface area contributed by atoms with Gasteiger partial charge in [0.05, 0.1) is 24.7 Å². The van der Waals surface area contributed by atoms with Gasteiger partial charge in [-0.2, -0.15) is 0 Å². The maximum Gasteiger partial charge on any atom is 0.316 e. The fourth-order valence-electron chi connectivity index (χ4n) is 8.61. The van der Waals surface area contributed by atoms with Crippen molar-refractivity contribution in [1.82, 2.24) is 0 Å². The molecule has 0 saturated carbocycles. The fourth-order valence-corrected chi connectivity index (χ4v) is 8.61. The Labute approximate surface area is 298 Å². The lowest BCUT2D eigenvalue weighted by Gasteiger charge is -2.54. The molecule has 10 heteroatoms. The van der Waals surface area contributed by atoms with E-state index in [2.05, 4.69) is 32.9 Å². The first-order valence-electron chi connectivity index (χ1n) is 18.8. The van der Waals surface area contributed by atoms with Crippen LogP contribution < -0.4 is 0 Å². The number of aliphatic hydroxyl groups is 2. The van der Waals surface area contributed by atoms with E-state index >= 15 is 0 Å². The first-order valence-corrected chi connectivity index (χ1v) is 18.8. The SMILES string of the molecule is CCCC[C@@H](C)C(=O)O[C@@H]1[C@H](C)[C@@H](CC)O[C@@]2(C[C@@H]3C[C@@H](C/C=C(\C)C[C@@H](C)/C=C/C=C4\CO[C@@H]5[C@H](OC)C(C)=C[C@@H](C(=O)O3)[C@]45O)O2)[C@H]1O. The summed E-state index contributed by atoms with van der Waals surface area (Å²) in [6, 6.07) is 0. The van der Waals surface area contributed by atoms with Crippen LogP contribution in [0.1, 0.15) is 99.8 Å². The zero-order chi connectivity index (χ0) is 36.4. The molecule has 0 unspecified atom stereocenters. The van der Waals surface area contributed by atoms with Crippen molar-refractivity contribution in [3.05, 3.63) is 47.1 Å². The number of carbonyl (C=O) groups excluding carboxylic acids is 2. The Morgan fingerprint density at radius 2 is 1.92 bits per heavy atom. The van der Waals surface area contributed by atoms with Crippen molar-refractivity contribution in [2.75, 3.05) is 13.7 Å². The van der Waals surface area contributed by atoms with Crippen molar-refractivity contribution >= 4 is 11.9 Å². The Morgan fingerprint density at radius 3 is 2.62 bits per heavy atom. The summed E-state index contributed by atoms with van der Waals surface area (Å²) in [6.07, 6.45) is 9.61. The molecule has 0 aromatic rings. The third kappa shape index (κ3) is 7.71. The lowest BCUT2D eigenvalue weighted by Crippen LogP contribution is -2.67. The minimum atomic E-state index is -1.68. The van der Waals surface area contributed by atoms with Gasteiger partial charge in [0, 0.05) is 25.9 Å². The van der Waals surface area contributed by atoms with Gasteiger partial charge < -0.3 is 38.6 Å². The molecule has 1 spiro atoms. The number of hydrogen-bond acceptors (Lipinski definition) is 10. The smallest absolute Gasteiger partial charge is 0.316 e. The van der Waals surface area contributed by atoms with Crippen LogP contribution in [0.5, 0.6) is 0 Å². The topological polar surface area (TPSA) is 130 Å². The van der Waals surface area contributed by atoms with E-state index in [1.165, 1.54) is 5.57 Å². The Morgan fingerprint density at radius 1 is 1.16 bits per heavy atom. The van der Waals surface area contributed by atoms with Crippen LogP contribution in [0.25, 0.3) is 0 Å². The number of methoxy groups -OCH3 is 1.